The number of nitrogens with one attached hydrogen (secondary N) is 1. The Morgan fingerprint density at radius 2 is 1.80 bits per heavy atom. The lowest BCUT2D eigenvalue weighted by atomic mass is 9.93. The number of carbonyl (C=O) groups excluding carboxylic acids is 1. The van der Waals surface area contributed by atoms with Crippen LogP contribution in [-0.4, -0.2) is 10.9 Å². The Morgan fingerprint density at radius 3 is 2.52 bits per heavy atom. The van der Waals surface area contributed by atoms with Crippen molar-refractivity contribution < 1.29 is 4.79 Å². The molecule has 0 fully saturated rings. The molecule has 1 amide bonds. The van der Waals surface area contributed by atoms with Crippen LogP contribution in [0.15, 0.2) is 73.1 Å². The smallest absolute Gasteiger partial charge is 0.251 e. The van der Waals surface area contributed by atoms with E-state index < -0.39 is 5.54 Å². The van der Waals surface area contributed by atoms with Crippen molar-refractivity contribution in [3.05, 3.63) is 84.2 Å². The number of nitrogens with zero attached hydrogens (tertiary/aromatic N) is 1. The zero-order valence-corrected chi connectivity index (χ0v) is 14.4. The van der Waals surface area contributed by atoms with Gasteiger partial charge in [0.05, 0.1) is 17.4 Å². The highest BCUT2D eigenvalue weighted by Crippen LogP contribution is 2.26. The van der Waals surface area contributed by atoms with Gasteiger partial charge in [-0.25, -0.2) is 0 Å². The maximum Gasteiger partial charge on any atom is 0.251 e. The Hall–Kier alpha value is -3.14. The fraction of sp³-hybridized carbons (Fsp3) is 0.143. The first-order chi connectivity index (χ1) is 12.0. The van der Waals surface area contributed by atoms with Crippen LogP contribution in [0.25, 0.3) is 11.1 Å². The summed E-state index contributed by atoms with van der Waals surface area (Å²) in [5, 5.41) is 3.10. The quantitative estimate of drug-likeness (QED) is 0.759. The third-order valence-electron chi connectivity index (χ3n) is 4.21. The van der Waals surface area contributed by atoms with Crippen molar-refractivity contribution in [3.8, 4) is 11.1 Å². The largest absolute Gasteiger partial charge is 0.397 e. The predicted molar refractivity (Wildman–Crippen MR) is 101 cm³/mol. The first kappa shape index (κ1) is 16.7. The van der Waals surface area contributed by atoms with E-state index in [0.717, 1.165) is 16.7 Å². The predicted octanol–water partition coefficient (Wildman–Crippen LogP) is 4.00. The van der Waals surface area contributed by atoms with Crippen LogP contribution in [0, 0.1) is 0 Å². The van der Waals surface area contributed by atoms with E-state index in [4.69, 9.17) is 5.73 Å². The number of anilines is 1. The van der Waals surface area contributed by atoms with Gasteiger partial charge in [-0.1, -0.05) is 42.5 Å². The molecule has 0 aliphatic carbocycles. The number of hydrogen-bond acceptors (Lipinski definition) is 3. The molecule has 3 N–H and O–H groups in total. The van der Waals surface area contributed by atoms with E-state index in [2.05, 4.69) is 10.3 Å². The van der Waals surface area contributed by atoms with Gasteiger partial charge in [-0.3, -0.25) is 9.78 Å². The molecule has 0 atom stereocenters. The van der Waals surface area contributed by atoms with Gasteiger partial charge in [-0.05, 0) is 43.2 Å². The van der Waals surface area contributed by atoms with Crippen LogP contribution < -0.4 is 11.1 Å². The molecule has 1 aromatic heterocycles. The fourth-order valence-corrected chi connectivity index (χ4v) is 2.78. The molecule has 3 rings (SSSR count). The van der Waals surface area contributed by atoms with E-state index in [1.807, 2.05) is 68.4 Å². The zero-order valence-electron chi connectivity index (χ0n) is 14.4. The Balaban J connectivity index is 1.86. The molecule has 4 nitrogen and oxygen atoms in total. The summed E-state index contributed by atoms with van der Waals surface area (Å²) in [7, 11) is 0. The number of rotatable bonds is 4. The van der Waals surface area contributed by atoms with Gasteiger partial charge in [0.2, 0.25) is 0 Å². The van der Waals surface area contributed by atoms with Crippen molar-refractivity contribution in [1.29, 1.82) is 0 Å². The number of hydrogen-bond donors (Lipinski definition) is 2. The van der Waals surface area contributed by atoms with Crippen LogP contribution in [-0.2, 0) is 5.54 Å². The molecule has 25 heavy (non-hydrogen) atoms. The number of amides is 1. The van der Waals surface area contributed by atoms with Crippen LogP contribution >= 0.6 is 0 Å². The average Bonchev–Trinajstić information content (AvgIpc) is 2.62. The summed E-state index contributed by atoms with van der Waals surface area (Å²) < 4.78 is 0. The molecule has 0 saturated heterocycles. The highest BCUT2D eigenvalue weighted by atomic mass is 16.1. The lowest BCUT2D eigenvalue weighted by molar-refractivity contribution is 0.0912. The van der Waals surface area contributed by atoms with Crippen LogP contribution in [0.3, 0.4) is 0 Å². The molecule has 2 aromatic carbocycles. The Kier molecular flexibility index (Phi) is 4.52. The minimum Gasteiger partial charge on any atom is -0.397 e. The number of carbonyl (C=O) groups is 1. The molecule has 4 heteroatoms. The topological polar surface area (TPSA) is 68.0 Å². The van der Waals surface area contributed by atoms with Crippen molar-refractivity contribution >= 4 is 11.6 Å². The van der Waals surface area contributed by atoms with Gasteiger partial charge in [0.25, 0.3) is 5.91 Å². The second-order valence-corrected chi connectivity index (χ2v) is 6.49. The van der Waals surface area contributed by atoms with Crippen LogP contribution in [0.2, 0.25) is 0 Å². The molecule has 1 heterocycles. The van der Waals surface area contributed by atoms with E-state index in [1.165, 1.54) is 0 Å². The van der Waals surface area contributed by atoms with Crippen molar-refractivity contribution in [2.45, 2.75) is 19.4 Å². The van der Waals surface area contributed by atoms with Crippen molar-refractivity contribution in [2.24, 2.45) is 0 Å². The SMILES string of the molecule is CC(C)(NC(=O)c1cccc(-c2ccncc2N)c1)c1ccccc1. The van der Waals surface area contributed by atoms with Gasteiger partial charge >= 0.3 is 0 Å². The van der Waals surface area contributed by atoms with Crippen LogP contribution in [0.4, 0.5) is 5.69 Å². The molecule has 3 aromatic rings. The lowest BCUT2D eigenvalue weighted by Gasteiger charge is -2.27. The molecule has 0 bridgehead atoms. The second kappa shape index (κ2) is 6.77. The number of nitrogens with two attached hydrogens (primary N) is 1. The molecule has 0 saturated carbocycles. The molecular formula is C21H21N3O. The Bertz CT molecular complexity index is 888. The van der Waals surface area contributed by atoms with E-state index >= 15 is 0 Å². The summed E-state index contributed by atoms with van der Waals surface area (Å²) in [6, 6.07) is 19.2. The summed E-state index contributed by atoms with van der Waals surface area (Å²) in [6.45, 7) is 3.98. The van der Waals surface area contributed by atoms with E-state index in [0.29, 0.717) is 11.3 Å². The summed E-state index contributed by atoms with van der Waals surface area (Å²) in [5.41, 5.74) is 9.52. The van der Waals surface area contributed by atoms with E-state index in [-0.39, 0.29) is 5.91 Å². The highest BCUT2D eigenvalue weighted by Gasteiger charge is 2.23. The number of nitrogen functional groups attached to an aromatic ring is 1. The summed E-state index contributed by atoms with van der Waals surface area (Å²) in [4.78, 5) is 16.8. The summed E-state index contributed by atoms with van der Waals surface area (Å²) >= 11 is 0. The third kappa shape index (κ3) is 3.69. The molecule has 0 aliphatic rings. The maximum atomic E-state index is 12.7. The third-order valence-corrected chi connectivity index (χ3v) is 4.21. The van der Waals surface area contributed by atoms with Gasteiger partial charge in [0, 0.05) is 17.3 Å². The molecule has 0 spiro atoms. The first-order valence-corrected chi connectivity index (χ1v) is 8.15. The molecule has 0 radical (unpaired) electrons. The lowest BCUT2D eigenvalue weighted by Crippen LogP contribution is -2.40. The van der Waals surface area contributed by atoms with Gasteiger partial charge < -0.3 is 11.1 Å². The normalized spacial score (nSPS) is 11.1. The standard InChI is InChI=1S/C21H21N3O/c1-21(2,17-9-4-3-5-10-17)24-20(25)16-8-6-7-15(13-16)18-11-12-23-14-19(18)22/h3-14H,22H2,1-2H3,(H,24,25). The van der Waals surface area contributed by atoms with Crippen molar-refractivity contribution in [3.63, 3.8) is 0 Å². The van der Waals surface area contributed by atoms with Gasteiger partial charge in [-0.15, -0.1) is 0 Å². The Labute approximate surface area is 147 Å². The molecular weight excluding hydrogens is 310 g/mol. The highest BCUT2D eigenvalue weighted by molar-refractivity contribution is 5.96. The molecule has 0 aliphatic heterocycles. The van der Waals surface area contributed by atoms with Gasteiger partial charge in [0.1, 0.15) is 0 Å². The van der Waals surface area contributed by atoms with Gasteiger partial charge in [0.15, 0.2) is 0 Å². The number of pyridine rings is 1. The maximum absolute atomic E-state index is 12.7. The Morgan fingerprint density at radius 1 is 1.04 bits per heavy atom. The summed E-state index contributed by atoms with van der Waals surface area (Å²) in [6.07, 6.45) is 3.30. The fourth-order valence-electron chi connectivity index (χ4n) is 2.78. The van der Waals surface area contributed by atoms with E-state index in [9.17, 15) is 4.79 Å². The van der Waals surface area contributed by atoms with Crippen LogP contribution in [0.1, 0.15) is 29.8 Å². The van der Waals surface area contributed by atoms with Crippen molar-refractivity contribution in [2.75, 3.05) is 5.73 Å². The first-order valence-electron chi connectivity index (χ1n) is 8.15. The average molecular weight is 331 g/mol. The molecule has 0 unspecified atom stereocenters. The zero-order chi connectivity index (χ0) is 17.9. The van der Waals surface area contributed by atoms with Crippen LogP contribution in [0.5, 0.6) is 0 Å². The van der Waals surface area contributed by atoms with Gasteiger partial charge in [-0.2, -0.15) is 0 Å². The minimum atomic E-state index is -0.468. The molecule has 126 valence electrons. The van der Waals surface area contributed by atoms with E-state index in [1.54, 1.807) is 18.5 Å². The summed E-state index contributed by atoms with van der Waals surface area (Å²) in [5.74, 6) is -0.122. The minimum absolute atomic E-state index is 0.122. The monoisotopic (exact) mass is 331 g/mol. The number of benzene rings is 2. The second-order valence-electron chi connectivity index (χ2n) is 6.49. The number of aromatic nitrogens is 1. The van der Waals surface area contributed by atoms with Crippen molar-refractivity contribution in [1.82, 2.24) is 10.3 Å².